The second-order valence-corrected chi connectivity index (χ2v) is 4.58. The van der Waals surface area contributed by atoms with E-state index >= 15 is 0 Å². The smallest absolute Gasteiger partial charge is 0.00711 e. The van der Waals surface area contributed by atoms with Crippen LogP contribution in [-0.2, 0) is 0 Å². The third kappa shape index (κ3) is 4.02. The van der Waals surface area contributed by atoms with Gasteiger partial charge in [-0.3, -0.25) is 0 Å². The second-order valence-electron chi connectivity index (χ2n) is 3.17. The van der Waals surface area contributed by atoms with E-state index in [1.165, 1.54) is 44.5 Å². The van der Waals surface area contributed by atoms with E-state index in [0.29, 0.717) is 0 Å². The van der Waals surface area contributed by atoms with Crippen molar-refractivity contribution in [1.82, 2.24) is 5.32 Å². The molecule has 1 aliphatic heterocycles. The third-order valence-corrected chi connectivity index (χ3v) is 3.60. The fourth-order valence-corrected chi connectivity index (χ4v) is 2.71. The largest absolute Gasteiger partial charge is 0.317 e. The molecule has 0 saturated carbocycles. The Balaban J connectivity index is 1.96. The van der Waals surface area contributed by atoms with Crippen molar-refractivity contribution in [3.8, 4) is 0 Å². The molecule has 0 spiro atoms. The van der Waals surface area contributed by atoms with Crippen LogP contribution in [0.25, 0.3) is 0 Å². The van der Waals surface area contributed by atoms with Crippen molar-refractivity contribution >= 4 is 11.8 Å². The average molecular weight is 173 g/mol. The van der Waals surface area contributed by atoms with Gasteiger partial charge in [0.1, 0.15) is 0 Å². The van der Waals surface area contributed by atoms with Gasteiger partial charge < -0.3 is 5.32 Å². The van der Waals surface area contributed by atoms with Crippen LogP contribution in [0.5, 0.6) is 0 Å². The van der Waals surface area contributed by atoms with Gasteiger partial charge in [0, 0.05) is 5.25 Å². The first-order valence-corrected chi connectivity index (χ1v) is 5.80. The second kappa shape index (κ2) is 5.90. The van der Waals surface area contributed by atoms with E-state index in [4.69, 9.17) is 0 Å². The van der Waals surface area contributed by atoms with Gasteiger partial charge in [0.25, 0.3) is 0 Å². The van der Waals surface area contributed by atoms with Crippen molar-refractivity contribution in [3.63, 3.8) is 0 Å². The molecule has 1 N–H and O–H groups in total. The van der Waals surface area contributed by atoms with Crippen LogP contribution in [0.15, 0.2) is 0 Å². The fraction of sp³-hybridized carbons (Fsp3) is 1.00. The lowest BCUT2D eigenvalue weighted by Gasteiger charge is -2.21. The van der Waals surface area contributed by atoms with Gasteiger partial charge in [-0.2, -0.15) is 11.8 Å². The first kappa shape index (κ1) is 9.40. The number of unbranched alkanes of at least 4 members (excludes halogenated alkanes) is 1. The van der Waals surface area contributed by atoms with E-state index in [-0.39, 0.29) is 0 Å². The molecule has 0 aliphatic carbocycles. The summed E-state index contributed by atoms with van der Waals surface area (Å²) in [7, 11) is 0. The first-order valence-electron chi connectivity index (χ1n) is 4.76. The molecule has 0 radical (unpaired) electrons. The number of piperidine rings is 1. The topological polar surface area (TPSA) is 12.0 Å². The molecule has 0 amide bonds. The van der Waals surface area contributed by atoms with E-state index in [9.17, 15) is 0 Å². The highest BCUT2D eigenvalue weighted by Crippen LogP contribution is 2.20. The minimum Gasteiger partial charge on any atom is -0.317 e. The molecule has 11 heavy (non-hydrogen) atoms. The number of nitrogens with one attached hydrogen (secondary N) is 1. The molecule has 1 heterocycles. The van der Waals surface area contributed by atoms with Crippen LogP contribution >= 0.6 is 11.8 Å². The van der Waals surface area contributed by atoms with Crippen LogP contribution in [-0.4, -0.2) is 24.1 Å². The Labute approximate surface area is 74.3 Å². The molecule has 1 aliphatic rings. The Morgan fingerprint density at radius 3 is 2.73 bits per heavy atom. The lowest BCUT2D eigenvalue weighted by atomic mass is 10.2. The zero-order valence-corrected chi connectivity index (χ0v) is 8.25. The lowest BCUT2D eigenvalue weighted by Crippen LogP contribution is -2.29. The fourth-order valence-electron chi connectivity index (χ4n) is 1.36. The van der Waals surface area contributed by atoms with Gasteiger partial charge in [-0.25, -0.2) is 0 Å². The molecule has 2 heteroatoms. The van der Waals surface area contributed by atoms with E-state index in [1.54, 1.807) is 0 Å². The highest BCUT2D eigenvalue weighted by Gasteiger charge is 2.11. The quantitative estimate of drug-likeness (QED) is 0.655. The predicted octanol–water partition coefficient (Wildman–Crippen LogP) is 2.27. The molecule has 1 rings (SSSR count). The molecule has 1 fully saturated rings. The molecule has 0 unspecified atom stereocenters. The Hall–Kier alpha value is 0.310. The van der Waals surface area contributed by atoms with Crippen LogP contribution < -0.4 is 5.32 Å². The van der Waals surface area contributed by atoms with Crippen molar-refractivity contribution in [2.24, 2.45) is 0 Å². The van der Waals surface area contributed by atoms with Crippen LogP contribution in [0.1, 0.15) is 32.6 Å². The highest BCUT2D eigenvalue weighted by atomic mass is 32.2. The van der Waals surface area contributed by atoms with Crippen LogP contribution in [0.4, 0.5) is 0 Å². The summed E-state index contributed by atoms with van der Waals surface area (Å²) < 4.78 is 0. The molecular formula is C9H19NS. The minimum atomic E-state index is 0.961. The normalized spacial score (nSPS) is 20.5. The minimum absolute atomic E-state index is 0.961. The maximum Gasteiger partial charge on any atom is 0.00711 e. The SMILES string of the molecule is CCCCSC1CCNCC1. The van der Waals surface area contributed by atoms with E-state index < -0.39 is 0 Å². The Kier molecular flexibility index (Phi) is 5.04. The van der Waals surface area contributed by atoms with Gasteiger partial charge in [-0.15, -0.1) is 0 Å². The standard InChI is InChI=1S/C9H19NS/c1-2-3-8-11-9-4-6-10-7-5-9/h9-10H,2-8H2,1H3. The molecule has 1 nitrogen and oxygen atoms in total. The summed E-state index contributed by atoms with van der Waals surface area (Å²) in [6, 6.07) is 0. The summed E-state index contributed by atoms with van der Waals surface area (Å²) in [6.07, 6.45) is 5.51. The Morgan fingerprint density at radius 2 is 2.09 bits per heavy atom. The molecule has 0 aromatic heterocycles. The number of rotatable bonds is 4. The molecule has 0 bridgehead atoms. The van der Waals surface area contributed by atoms with Gasteiger partial charge in [-0.05, 0) is 38.1 Å². The van der Waals surface area contributed by atoms with Gasteiger partial charge >= 0.3 is 0 Å². The summed E-state index contributed by atoms with van der Waals surface area (Å²) >= 11 is 2.18. The van der Waals surface area contributed by atoms with Gasteiger partial charge in [-0.1, -0.05) is 13.3 Å². The first-order chi connectivity index (χ1) is 5.43. The maximum atomic E-state index is 3.39. The zero-order valence-electron chi connectivity index (χ0n) is 7.44. The summed E-state index contributed by atoms with van der Waals surface area (Å²) in [5.41, 5.74) is 0. The average Bonchev–Trinajstić information content (AvgIpc) is 2.07. The number of thioether (sulfide) groups is 1. The van der Waals surface area contributed by atoms with Crippen LogP contribution in [0.3, 0.4) is 0 Å². The molecule has 66 valence electrons. The van der Waals surface area contributed by atoms with Crippen molar-refractivity contribution in [2.45, 2.75) is 37.9 Å². The third-order valence-electron chi connectivity index (χ3n) is 2.14. The van der Waals surface area contributed by atoms with Crippen LogP contribution in [0.2, 0.25) is 0 Å². The highest BCUT2D eigenvalue weighted by molar-refractivity contribution is 7.99. The number of hydrogen-bond donors (Lipinski definition) is 1. The van der Waals surface area contributed by atoms with E-state index in [2.05, 4.69) is 24.0 Å². The zero-order chi connectivity index (χ0) is 7.94. The molecule has 0 aromatic carbocycles. The van der Waals surface area contributed by atoms with Gasteiger partial charge in [0.05, 0.1) is 0 Å². The van der Waals surface area contributed by atoms with Crippen molar-refractivity contribution in [3.05, 3.63) is 0 Å². The summed E-state index contributed by atoms with van der Waals surface area (Å²) in [4.78, 5) is 0. The molecule has 1 saturated heterocycles. The van der Waals surface area contributed by atoms with Crippen LogP contribution in [0, 0.1) is 0 Å². The number of hydrogen-bond acceptors (Lipinski definition) is 2. The molecular weight excluding hydrogens is 154 g/mol. The van der Waals surface area contributed by atoms with Gasteiger partial charge in [0.15, 0.2) is 0 Å². The summed E-state index contributed by atoms with van der Waals surface area (Å²) in [5.74, 6) is 1.38. The Morgan fingerprint density at radius 1 is 1.36 bits per heavy atom. The monoisotopic (exact) mass is 173 g/mol. The predicted molar refractivity (Wildman–Crippen MR) is 53.3 cm³/mol. The van der Waals surface area contributed by atoms with Crippen molar-refractivity contribution in [1.29, 1.82) is 0 Å². The lowest BCUT2D eigenvalue weighted by molar-refractivity contribution is 0.531. The Bertz CT molecular complexity index is 89.6. The van der Waals surface area contributed by atoms with Crippen molar-refractivity contribution in [2.75, 3.05) is 18.8 Å². The maximum absolute atomic E-state index is 3.39. The van der Waals surface area contributed by atoms with Gasteiger partial charge in [0.2, 0.25) is 0 Å². The van der Waals surface area contributed by atoms with E-state index in [1.807, 2.05) is 0 Å². The van der Waals surface area contributed by atoms with Crippen molar-refractivity contribution < 1.29 is 0 Å². The summed E-state index contributed by atoms with van der Waals surface area (Å²) in [5, 5.41) is 4.35. The molecule has 0 atom stereocenters. The van der Waals surface area contributed by atoms with E-state index in [0.717, 1.165) is 5.25 Å². The molecule has 0 aromatic rings. The summed E-state index contributed by atoms with van der Waals surface area (Å²) in [6.45, 7) is 4.75.